The molecule has 2 amide bonds. The number of amides is 2. The average molecular weight is 322 g/mol. The molecule has 0 bridgehead atoms. The molecule has 0 radical (unpaired) electrons. The van der Waals surface area contributed by atoms with E-state index >= 15 is 0 Å². The van der Waals surface area contributed by atoms with E-state index in [1.165, 1.54) is 5.56 Å². The molecule has 0 heterocycles. The summed E-state index contributed by atoms with van der Waals surface area (Å²) in [6.07, 6.45) is 0.606. The topological polar surface area (TPSA) is 58.2 Å². The van der Waals surface area contributed by atoms with E-state index in [4.69, 9.17) is 0 Å². The molecule has 1 saturated carbocycles. The van der Waals surface area contributed by atoms with Crippen molar-refractivity contribution in [3.05, 3.63) is 59.2 Å². The van der Waals surface area contributed by atoms with Gasteiger partial charge in [-0.3, -0.25) is 9.59 Å². The first kappa shape index (κ1) is 16.2. The Labute approximate surface area is 142 Å². The molecule has 1 aliphatic carbocycles. The minimum atomic E-state index is -0.240. The smallest absolute Gasteiger partial charge is 0.228 e. The molecule has 2 atom stereocenters. The highest BCUT2D eigenvalue weighted by Gasteiger charge is 2.48. The first-order chi connectivity index (χ1) is 11.5. The first-order valence-corrected chi connectivity index (χ1v) is 8.20. The maximum atomic E-state index is 12.3. The number of hydrogen-bond acceptors (Lipinski definition) is 2. The van der Waals surface area contributed by atoms with Gasteiger partial charge in [0.15, 0.2) is 0 Å². The number of hydrogen-bond donors (Lipinski definition) is 2. The number of carbonyl (C=O) groups is 2. The van der Waals surface area contributed by atoms with Crippen LogP contribution < -0.4 is 10.6 Å². The van der Waals surface area contributed by atoms with Gasteiger partial charge in [-0.2, -0.15) is 0 Å². The predicted octanol–water partition coefficient (Wildman–Crippen LogP) is 3.83. The molecule has 1 aliphatic rings. The molecule has 3 rings (SSSR count). The van der Waals surface area contributed by atoms with Gasteiger partial charge in [-0.25, -0.2) is 0 Å². The normalized spacial score (nSPS) is 18.8. The Bertz CT molecular complexity index is 798. The molecule has 0 aliphatic heterocycles. The summed E-state index contributed by atoms with van der Waals surface area (Å²) in [7, 11) is 0. The van der Waals surface area contributed by atoms with Crippen molar-refractivity contribution in [2.75, 3.05) is 10.6 Å². The molecule has 24 heavy (non-hydrogen) atoms. The third kappa shape index (κ3) is 3.48. The van der Waals surface area contributed by atoms with Crippen LogP contribution in [0.2, 0.25) is 0 Å². The number of aryl methyl sites for hydroxylation is 3. The monoisotopic (exact) mass is 322 g/mol. The summed E-state index contributed by atoms with van der Waals surface area (Å²) in [6.45, 7) is 6.00. The minimum Gasteiger partial charge on any atom is -0.326 e. The summed E-state index contributed by atoms with van der Waals surface area (Å²) in [5.41, 5.74) is 4.94. The van der Waals surface area contributed by atoms with Gasteiger partial charge in [-0.15, -0.1) is 0 Å². The van der Waals surface area contributed by atoms with Crippen LogP contribution >= 0.6 is 0 Å². The largest absolute Gasteiger partial charge is 0.326 e. The van der Waals surface area contributed by atoms with E-state index < -0.39 is 0 Å². The SMILES string of the molecule is Cc1ccc(NC(=O)C2CC2C(=O)Nc2ccccc2C)cc1C. The summed E-state index contributed by atoms with van der Waals surface area (Å²) in [4.78, 5) is 24.6. The first-order valence-electron chi connectivity index (χ1n) is 8.20. The van der Waals surface area contributed by atoms with Crippen molar-refractivity contribution in [2.45, 2.75) is 27.2 Å². The molecule has 1 fully saturated rings. The molecule has 124 valence electrons. The Kier molecular flexibility index (Phi) is 4.38. The number of nitrogens with one attached hydrogen (secondary N) is 2. The zero-order valence-corrected chi connectivity index (χ0v) is 14.2. The number of anilines is 2. The Morgan fingerprint density at radius 1 is 0.833 bits per heavy atom. The van der Waals surface area contributed by atoms with Gasteiger partial charge in [-0.1, -0.05) is 24.3 Å². The third-order valence-corrected chi connectivity index (χ3v) is 4.64. The van der Waals surface area contributed by atoms with Crippen molar-refractivity contribution in [2.24, 2.45) is 11.8 Å². The van der Waals surface area contributed by atoms with E-state index in [1.54, 1.807) is 0 Å². The lowest BCUT2D eigenvalue weighted by Crippen LogP contribution is -2.21. The Morgan fingerprint density at radius 2 is 1.50 bits per heavy atom. The van der Waals surface area contributed by atoms with Crippen LogP contribution in [-0.4, -0.2) is 11.8 Å². The Hall–Kier alpha value is -2.62. The summed E-state index contributed by atoms with van der Waals surface area (Å²) < 4.78 is 0. The van der Waals surface area contributed by atoms with Crippen LogP contribution in [0.1, 0.15) is 23.1 Å². The van der Waals surface area contributed by atoms with E-state index in [0.717, 1.165) is 22.5 Å². The second kappa shape index (κ2) is 6.48. The maximum Gasteiger partial charge on any atom is 0.228 e. The highest BCUT2D eigenvalue weighted by Crippen LogP contribution is 2.40. The molecule has 0 spiro atoms. The molecule has 4 nitrogen and oxygen atoms in total. The molecule has 2 N–H and O–H groups in total. The standard InChI is InChI=1S/C20H22N2O2/c1-12-8-9-15(10-14(12)3)21-19(23)16-11-17(16)20(24)22-18-7-5-4-6-13(18)2/h4-10,16-17H,11H2,1-3H3,(H,21,23)(H,22,24). The fourth-order valence-electron chi connectivity index (χ4n) is 2.77. The second-order valence-corrected chi connectivity index (χ2v) is 6.54. The van der Waals surface area contributed by atoms with Crippen molar-refractivity contribution in [3.63, 3.8) is 0 Å². The summed E-state index contributed by atoms with van der Waals surface area (Å²) in [5.74, 6) is -0.639. The van der Waals surface area contributed by atoms with Gasteiger partial charge in [0, 0.05) is 11.4 Å². The highest BCUT2D eigenvalue weighted by molar-refractivity contribution is 6.03. The highest BCUT2D eigenvalue weighted by atomic mass is 16.2. The lowest BCUT2D eigenvalue weighted by Gasteiger charge is -2.09. The molecule has 2 unspecified atom stereocenters. The number of rotatable bonds is 4. The molecular weight excluding hydrogens is 300 g/mol. The van der Waals surface area contributed by atoms with E-state index in [-0.39, 0.29) is 23.7 Å². The Morgan fingerprint density at radius 3 is 2.17 bits per heavy atom. The van der Waals surface area contributed by atoms with Gasteiger partial charge in [0.25, 0.3) is 0 Å². The lowest BCUT2D eigenvalue weighted by atomic mass is 10.1. The van der Waals surface area contributed by atoms with Crippen LogP contribution in [0.25, 0.3) is 0 Å². The second-order valence-electron chi connectivity index (χ2n) is 6.54. The van der Waals surface area contributed by atoms with Crippen LogP contribution in [-0.2, 0) is 9.59 Å². The quantitative estimate of drug-likeness (QED) is 0.899. The van der Waals surface area contributed by atoms with Gasteiger partial charge in [0.1, 0.15) is 0 Å². The van der Waals surface area contributed by atoms with Crippen LogP contribution in [0.15, 0.2) is 42.5 Å². The predicted molar refractivity (Wildman–Crippen MR) is 96.0 cm³/mol. The van der Waals surface area contributed by atoms with Crippen molar-refractivity contribution in [1.29, 1.82) is 0 Å². The molecule has 0 aromatic heterocycles. The minimum absolute atomic E-state index is 0.0791. The average Bonchev–Trinajstić information content (AvgIpc) is 3.34. The van der Waals surface area contributed by atoms with Gasteiger partial charge >= 0.3 is 0 Å². The van der Waals surface area contributed by atoms with Crippen molar-refractivity contribution < 1.29 is 9.59 Å². The molecule has 2 aromatic carbocycles. The fourth-order valence-corrected chi connectivity index (χ4v) is 2.77. The van der Waals surface area contributed by atoms with Gasteiger partial charge in [0.05, 0.1) is 11.8 Å². The maximum absolute atomic E-state index is 12.3. The van der Waals surface area contributed by atoms with E-state index in [1.807, 2.05) is 63.2 Å². The molecule has 4 heteroatoms. The van der Waals surface area contributed by atoms with E-state index in [9.17, 15) is 9.59 Å². The summed E-state index contributed by atoms with van der Waals surface area (Å²) >= 11 is 0. The summed E-state index contributed by atoms with van der Waals surface area (Å²) in [5, 5.41) is 5.83. The van der Waals surface area contributed by atoms with Crippen LogP contribution in [0, 0.1) is 32.6 Å². The Balaban J connectivity index is 1.58. The van der Waals surface area contributed by atoms with Crippen molar-refractivity contribution in [1.82, 2.24) is 0 Å². The van der Waals surface area contributed by atoms with E-state index in [0.29, 0.717) is 6.42 Å². The fraction of sp³-hybridized carbons (Fsp3) is 0.300. The lowest BCUT2D eigenvalue weighted by molar-refractivity contribution is -0.122. The number of para-hydroxylation sites is 1. The third-order valence-electron chi connectivity index (χ3n) is 4.64. The molecular formula is C20H22N2O2. The van der Waals surface area contributed by atoms with E-state index in [2.05, 4.69) is 10.6 Å². The van der Waals surface area contributed by atoms with Gasteiger partial charge in [0.2, 0.25) is 11.8 Å². The van der Waals surface area contributed by atoms with Gasteiger partial charge < -0.3 is 10.6 Å². The van der Waals surface area contributed by atoms with Gasteiger partial charge in [-0.05, 0) is 62.1 Å². The van der Waals surface area contributed by atoms with Crippen LogP contribution in [0.4, 0.5) is 11.4 Å². The summed E-state index contributed by atoms with van der Waals surface area (Å²) in [6, 6.07) is 13.5. The molecule has 2 aromatic rings. The zero-order valence-electron chi connectivity index (χ0n) is 14.2. The van der Waals surface area contributed by atoms with Crippen LogP contribution in [0.5, 0.6) is 0 Å². The number of benzene rings is 2. The van der Waals surface area contributed by atoms with Crippen LogP contribution in [0.3, 0.4) is 0 Å². The number of carbonyl (C=O) groups excluding carboxylic acids is 2. The molecule has 0 saturated heterocycles. The zero-order chi connectivity index (χ0) is 17.3. The van der Waals surface area contributed by atoms with Crippen molar-refractivity contribution >= 4 is 23.2 Å². The van der Waals surface area contributed by atoms with Crippen molar-refractivity contribution in [3.8, 4) is 0 Å².